The maximum Gasteiger partial charge on any atom is 0.327 e. The third-order valence-electron chi connectivity index (χ3n) is 5.66. The second-order valence-electron chi connectivity index (χ2n) is 8.26. The lowest BCUT2D eigenvalue weighted by molar-refractivity contribution is -0.160. The minimum Gasteiger partial charge on any atom is -0.480 e. The zero-order valence-corrected chi connectivity index (χ0v) is 19.4. The van der Waals surface area contributed by atoms with Crippen LogP contribution in [0.2, 0.25) is 0 Å². The highest BCUT2D eigenvalue weighted by Crippen LogP contribution is 2.25. The summed E-state index contributed by atoms with van der Waals surface area (Å²) in [5.74, 6) is -5.17. The molecule has 0 radical (unpaired) electrons. The molecule has 9 nitrogen and oxygen atoms in total. The van der Waals surface area contributed by atoms with Crippen LogP contribution in [-0.4, -0.2) is 51.0 Å². The molecule has 32 heavy (non-hydrogen) atoms. The van der Waals surface area contributed by atoms with E-state index in [0.29, 0.717) is 12.0 Å². The van der Waals surface area contributed by atoms with Gasteiger partial charge in [-0.05, 0) is 17.4 Å². The lowest BCUT2D eigenvalue weighted by Gasteiger charge is -2.38. The van der Waals surface area contributed by atoms with E-state index in [0.717, 1.165) is 4.90 Å². The van der Waals surface area contributed by atoms with Crippen LogP contribution in [0.5, 0.6) is 0 Å². The van der Waals surface area contributed by atoms with Gasteiger partial charge in [0.1, 0.15) is 12.1 Å². The topological polar surface area (TPSA) is 136 Å². The summed E-state index contributed by atoms with van der Waals surface area (Å²) in [5, 5.41) is 22.0. The molecule has 0 aromatic heterocycles. The number of carbonyl (C=O) groups excluding carboxylic acids is 3. The molecule has 0 spiro atoms. The Balaban J connectivity index is 3.58. The van der Waals surface area contributed by atoms with Gasteiger partial charge < -0.3 is 15.3 Å². The van der Waals surface area contributed by atoms with Crippen molar-refractivity contribution in [1.82, 2.24) is 15.7 Å². The second kappa shape index (κ2) is 12.8. The third-order valence-corrected chi connectivity index (χ3v) is 5.66. The molecule has 3 amide bonds. The molecule has 0 saturated carbocycles. The minimum absolute atomic E-state index is 0.0759. The predicted octanol–water partition coefficient (Wildman–Crippen LogP) is 2.19. The number of hydrogen-bond acceptors (Lipinski definition) is 5. The Labute approximate surface area is 189 Å². The first-order chi connectivity index (χ1) is 15.1. The molecule has 0 saturated heterocycles. The number of hydrogen-bond donors (Lipinski definition) is 4. The summed E-state index contributed by atoms with van der Waals surface area (Å²) < 4.78 is 0. The van der Waals surface area contributed by atoms with Crippen molar-refractivity contribution in [3.63, 3.8) is 0 Å². The Morgan fingerprint density at radius 2 is 1.62 bits per heavy atom. The number of benzene rings is 1. The average Bonchev–Trinajstić information content (AvgIpc) is 2.78. The Morgan fingerprint density at radius 3 is 2.06 bits per heavy atom. The van der Waals surface area contributed by atoms with Crippen LogP contribution in [0.25, 0.3) is 0 Å². The summed E-state index contributed by atoms with van der Waals surface area (Å²) in [5.41, 5.74) is 2.20. The van der Waals surface area contributed by atoms with E-state index in [1.807, 2.05) is 6.92 Å². The highest BCUT2D eigenvalue weighted by Gasteiger charge is 2.44. The molecular formula is C23H35N3O6. The van der Waals surface area contributed by atoms with Gasteiger partial charge in [-0.15, -0.1) is 0 Å². The van der Waals surface area contributed by atoms with Gasteiger partial charge >= 0.3 is 5.97 Å². The van der Waals surface area contributed by atoms with Crippen molar-refractivity contribution in [2.75, 3.05) is 0 Å². The first-order valence-electron chi connectivity index (χ1n) is 10.9. The van der Waals surface area contributed by atoms with E-state index in [4.69, 9.17) is 0 Å². The molecule has 0 aliphatic heterocycles. The second-order valence-corrected chi connectivity index (χ2v) is 8.26. The van der Waals surface area contributed by atoms with E-state index >= 15 is 0 Å². The van der Waals surface area contributed by atoms with Crippen LogP contribution in [0, 0.1) is 17.8 Å². The zero-order chi connectivity index (χ0) is 24.4. The molecule has 4 N–H and O–H groups in total. The van der Waals surface area contributed by atoms with Gasteiger partial charge in [0.2, 0.25) is 17.7 Å². The lowest BCUT2D eigenvalue weighted by atomic mass is 9.85. The number of nitrogens with one attached hydrogen (secondary N) is 2. The molecule has 1 unspecified atom stereocenters. The molecular weight excluding hydrogens is 414 g/mol. The average molecular weight is 450 g/mol. The molecule has 0 aliphatic carbocycles. The summed E-state index contributed by atoms with van der Waals surface area (Å²) in [7, 11) is 0. The SMILES string of the molecule is CCC(=O)N[C@H](C(=O)N(Cc1ccccc1)[C@H](C(=O)O)C(C(=O)NO)C(C)C)[C@@H](C)CC. The molecule has 1 rings (SSSR count). The highest BCUT2D eigenvalue weighted by atomic mass is 16.5. The Bertz CT molecular complexity index is 783. The van der Waals surface area contributed by atoms with Gasteiger partial charge in [-0.3, -0.25) is 19.6 Å². The van der Waals surface area contributed by atoms with Gasteiger partial charge in [0.05, 0.1) is 5.92 Å². The number of rotatable bonds is 12. The van der Waals surface area contributed by atoms with E-state index in [-0.39, 0.29) is 24.8 Å². The molecule has 0 aliphatic rings. The van der Waals surface area contributed by atoms with E-state index < -0.39 is 41.7 Å². The van der Waals surface area contributed by atoms with Crippen LogP contribution >= 0.6 is 0 Å². The normalized spacial score (nSPS) is 14.7. The zero-order valence-electron chi connectivity index (χ0n) is 19.4. The largest absolute Gasteiger partial charge is 0.480 e. The predicted molar refractivity (Wildman–Crippen MR) is 118 cm³/mol. The smallest absolute Gasteiger partial charge is 0.327 e. The minimum atomic E-state index is -1.56. The van der Waals surface area contributed by atoms with Crippen LogP contribution in [0.15, 0.2) is 30.3 Å². The highest BCUT2D eigenvalue weighted by molar-refractivity contribution is 5.93. The lowest BCUT2D eigenvalue weighted by Crippen LogP contribution is -2.59. The van der Waals surface area contributed by atoms with Crippen LogP contribution in [0.3, 0.4) is 0 Å². The van der Waals surface area contributed by atoms with Crippen molar-refractivity contribution in [2.45, 2.75) is 66.1 Å². The number of carboxylic acids is 1. The Hall–Kier alpha value is -2.94. The van der Waals surface area contributed by atoms with Gasteiger partial charge in [-0.25, -0.2) is 10.3 Å². The monoisotopic (exact) mass is 449 g/mol. The first-order valence-corrected chi connectivity index (χ1v) is 10.9. The van der Waals surface area contributed by atoms with E-state index in [1.165, 1.54) is 5.48 Å². The third kappa shape index (κ3) is 7.05. The summed E-state index contributed by atoms with van der Waals surface area (Å²) in [6.07, 6.45) is 0.741. The van der Waals surface area contributed by atoms with E-state index in [1.54, 1.807) is 58.0 Å². The molecule has 9 heteroatoms. The first kappa shape index (κ1) is 27.1. The van der Waals surface area contributed by atoms with Crippen LogP contribution in [0.4, 0.5) is 0 Å². The Morgan fingerprint density at radius 1 is 1.03 bits per heavy atom. The quantitative estimate of drug-likeness (QED) is 0.285. The fraction of sp³-hybridized carbons (Fsp3) is 0.565. The van der Waals surface area contributed by atoms with Crippen molar-refractivity contribution in [2.24, 2.45) is 17.8 Å². The van der Waals surface area contributed by atoms with Crippen molar-refractivity contribution in [3.8, 4) is 0 Å². The van der Waals surface area contributed by atoms with Crippen molar-refractivity contribution in [3.05, 3.63) is 35.9 Å². The van der Waals surface area contributed by atoms with Gasteiger partial charge in [-0.2, -0.15) is 0 Å². The maximum atomic E-state index is 13.7. The van der Waals surface area contributed by atoms with Crippen LogP contribution < -0.4 is 10.8 Å². The fourth-order valence-corrected chi connectivity index (χ4v) is 3.60. The summed E-state index contributed by atoms with van der Waals surface area (Å²) in [4.78, 5) is 51.8. The van der Waals surface area contributed by atoms with Crippen LogP contribution in [-0.2, 0) is 25.7 Å². The molecule has 178 valence electrons. The number of amides is 3. The number of hydroxylamine groups is 1. The fourth-order valence-electron chi connectivity index (χ4n) is 3.60. The van der Waals surface area contributed by atoms with Crippen molar-refractivity contribution >= 4 is 23.7 Å². The summed E-state index contributed by atoms with van der Waals surface area (Å²) in [6, 6.07) is 6.31. The van der Waals surface area contributed by atoms with E-state index in [9.17, 15) is 29.5 Å². The van der Waals surface area contributed by atoms with Gasteiger partial charge in [0.25, 0.3) is 0 Å². The molecule has 0 fully saturated rings. The molecule has 4 atom stereocenters. The molecule has 0 heterocycles. The standard InChI is InChI=1S/C23H35N3O6/c1-6-15(5)19(24-17(27)7-2)22(29)26(13-16-11-9-8-10-12-16)20(23(30)31)18(14(3)4)21(28)25-32/h8-12,14-15,18-20,32H,6-7,13H2,1-5H3,(H,24,27)(H,25,28)(H,30,31)/t15-,18?,19-,20-/m0/s1. The number of aliphatic carboxylic acids is 1. The van der Waals surface area contributed by atoms with E-state index in [2.05, 4.69) is 5.32 Å². The van der Waals surface area contributed by atoms with Gasteiger partial charge in [-0.1, -0.05) is 71.4 Å². The number of carbonyl (C=O) groups is 4. The maximum absolute atomic E-state index is 13.7. The summed E-state index contributed by atoms with van der Waals surface area (Å²) in [6.45, 7) is 8.55. The van der Waals surface area contributed by atoms with Crippen molar-refractivity contribution < 1.29 is 29.5 Å². The molecule has 0 bridgehead atoms. The van der Waals surface area contributed by atoms with Crippen LogP contribution in [0.1, 0.15) is 53.0 Å². The van der Waals surface area contributed by atoms with Gasteiger partial charge in [0.15, 0.2) is 0 Å². The van der Waals surface area contributed by atoms with Crippen molar-refractivity contribution in [1.29, 1.82) is 0 Å². The summed E-state index contributed by atoms with van der Waals surface area (Å²) >= 11 is 0. The number of carboxylic acid groups (broad SMARTS) is 1. The molecule has 1 aromatic rings. The Kier molecular flexibility index (Phi) is 10.8. The van der Waals surface area contributed by atoms with Gasteiger partial charge in [0, 0.05) is 13.0 Å². The number of nitrogens with zero attached hydrogens (tertiary/aromatic N) is 1. The molecule has 1 aromatic carbocycles.